The molecule has 8 nitrogen and oxygen atoms in total. The summed E-state index contributed by atoms with van der Waals surface area (Å²) in [7, 11) is 0. The molecule has 1 amide bonds. The number of nitrogens with zero attached hydrogens (tertiary/aromatic N) is 3. The van der Waals surface area contributed by atoms with Gasteiger partial charge in [0.05, 0.1) is 17.1 Å². The summed E-state index contributed by atoms with van der Waals surface area (Å²) in [4.78, 5) is 22.8. The van der Waals surface area contributed by atoms with Crippen molar-refractivity contribution in [3.05, 3.63) is 51.3 Å². The molecule has 26 heavy (non-hydrogen) atoms. The van der Waals surface area contributed by atoms with E-state index in [1.165, 1.54) is 4.68 Å². The number of hydrogen-bond donors (Lipinski definition) is 1. The van der Waals surface area contributed by atoms with Crippen LogP contribution >= 0.6 is 0 Å². The van der Waals surface area contributed by atoms with E-state index in [2.05, 4.69) is 10.4 Å². The van der Waals surface area contributed by atoms with Crippen molar-refractivity contribution in [1.82, 2.24) is 15.1 Å². The molecule has 0 aliphatic carbocycles. The largest absolute Gasteiger partial charge is 0.491 e. The van der Waals surface area contributed by atoms with Crippen LogP contribution in [0.4, 0.5) is 5.69 Å². The fourth-order valence-electron chi connectivity index (χ4n) is 2.72. The quantitative estimate of drug-likeness (QED) is 0.604. The summed E-state index contributed by atoms with van der Waals surface area (Å²) in [5.41, 5.74) is 1.56. The van der Waals surface area contributed by atoms with Gasteiger partial charge in [0.15, 0.2) is 0 Å². The van der Waals surface area contributed by atoms with E-state index in [1.54, 1.807) is 13.8 Å². The maximum atomic E-state index is 12.3. The molecule has 0 aliphatic rings. The summed E-state index contributed by atoms with van der Waals surface area (Å²) < 4.78 is 6.96. The molecule has 1 aromatic heterocycles. The van der Waals surface area contributed by atoms with Crippen molar-refractivity contribution in [3.8, 4) is 5.75 Å². The first-order valence-corrected chi connectivity index (χ1v) is 8.43. The lowest BCUT2D eigenvalue weighted by atomic mass is 10.1. The smallest absolute Gasteiger partial charge is 0.312 e. The Bertz CT molecular complexity index is 796. The van der Waals surface area contributed by atoms with Gasteiger partial charge >= 0.3 is 5.69 Å². The van der Waals surface area contributed by atoms with Crippen LogP contribution in [0.3, 0.4) is 0 Å². The molecule has 8 heteroatoms. The average molecular weight is 360 g/mol. The fourth-order valence-corrected chi connectivity index (χ4v) is 2.72. The Morgan fingerprint density at radius 1 is 1.27 bits per heavy atom. The second kappa shape index (κ2) is 7.99. The standard InChI is InChI=1S/C18H24N4O4/c1-11(2)26-16-8-6-15(7-9-16)12(3)19-17(23)10-21-14(5)18(22(24)25)13(4)20-21/h6-9,11-12H,10H2,1-5H3,(H,19,23). The van der Waals surface area contributed by atoms with Crippen molar-refractivity contribution >= 4 is 11.6 Å². The van der Waals surface area contributed by atoms with Crippen LogP contribution in [0.5, 0.6) is 5.75 Å². The summed E-state index contributed by atoms with van der Waals surface area (Å²) in [5, 5.41) is 18.0. The molecule has 0 bridgehead atoms. The molecule has 0 aliphatic heterocycles. The van der Waals surface area contributed by atoms with Gasteiger partial charge < -0.3 is 10.1 Å². The summed E-state index contributed by atoms with van der Waals surface area (Å²) in [5.74, 6) is 0.512. The third-order valence-corrected chi connectivity index (χ3v) is 3.95. The van der Waals surface area contributed by atoms with Crippen molar-refractivity contribution in [2.75, 3.05) is 0 Å². The van der Waals surface area contributed by atoms with Gasteiger partial charge in [0.2, 0.25) is 5.91 Å². The number of amides is 1. The highest BCUT2D eigenvalue weighted by Gasteiger charge is 2.23. The van der Waals surface area contributed by atoms with Crippen molar-refractivity contribution < 1.29 is 14.5 Å². The van der Waals surface area contributed by atoms with Crippen LogP contribution in [-0.2, 0) is 11.3 Å². The first-order valence-electron chi connectivity index (χ1n) is 8.43. The predicted octanol–water partition coefficient (Wildman–Crippen LogP) is 3.07. The minimum atomic E-state index is -0.477. The molecule has 2 rings (SSSR count). The van der Waals surface area contributed by atoms with Crippen molar-refractivity contribution in [2.24, 2.45) is 0 Å². The lowest BCUT2D eigenvalue weighted by Crippen LogP contribution is -2.30. The van der Waals surface area contributed by atoms with Crippen LogP contribution in [0.25, 0.3) is 0 Å². The molecular weight excluding hydrogens is 336 g/mol. The molecule has 1 aromatic carbocycles. The van der Waals surface area contributed by atoms with Gasteiger partial charge in [-0.05, 0) is 52.3 Å². The number of nitrogens with one attached hydrogen (secondary N) is 1. The molecule has 0 saturated carbocycles. The van der Waals surface area contributed by atoms with E-state index in [1.807, 2.05) is 45.0 Å². The lowest BCUT2D eigenvalue weighted by molar-refractivity contribution is -0.386. The molecule has 1 N–H and O–H groups in total. The van der Waals surface area contributed by atoms with E-state index in [0.717, 1.165) is 11.3 Å². The molecule has 0 radical (unpaired) electrons. The fraction of sp³-hybridized carbons (Fsp3) is 0.444. The summed E-state index contributed by atoms with van der Waals surface area (Å²) in [6.07, 6.45) is 0.0998. The van der Waals surface area contributed by atoms with Crippen molar-refractivity contribution in [1.29, 1.82) is 0 Å². The van der Waals surface area contributed by atoms with E-state index >= 15 is 0 Å². The van der Waals surface area contributed by atoms with E-state index < -0.39 is 4.92 Å². The monoisotopic (exact) mass is 360 g/mol. The summed E-state index contributed by atoms with van der Waals surface area (Å²) >= 11 is 0. The van der Waals surface area contributed by atoms with Gasteiger partial charge in [0.1, 0.15) is 23.7 Å². The van der Waals surface area contributed by atoms with E-state index in [9.17, 15) is 14.9 Å². The number of carbonyl (C=O) groups is 1. The van der Waals surface area contributed by atoms with Crippen LogP contribution in [-0.4, -0.2) is 26.7 Å². The highest BCUT2D eigenvalue weighted by Crippen LogP contribution is 2.22. The zero-order valence-corrected chi connectivity index (χ0v) is 15.6. The second-order valence-corrected chi connectivity index (χ2v) is 6.46. The Labute approximate surface area is 152 Å². The number of aromatic nitrogens is 2. The van der Waals surface area contributed by atoms with Crippen molar-refractivity contribution in [2.45, 2.75) is 53.3 Å². The molecule has 0 spiro atoms. The lowest BCUT2D eigenvalue weighted by Gasteiger charge is -2.16. The topological polar surface area (TPSA) is 99.3 Å². The van der Waals surface area contributed by atoms with Gasteiger partial charge in [-0.1, -0.05) is 12.1 Å². The Morgan fingerprint density at radius 2 is 1.88 bits per heavy atom. The maximum absolute atomic E-state index is 12.3. The minimum absolute atomic E-state index is 0.0495. The molecule has 2 aromatic rings. The van der Waals surface area contributed by atoms with Gasteiger partial charge in [-0.3, -0.25) is 19.6 Å². The molecule has 1 atom stereocenters. The summed E-state index contributed by atoms with van der Waals surface area (Å²) in [6, 6.07) is 7.32. The Morgan fingerprint density at radius 3 is 2.38 bits per heavy atom. The SMILES string of the molecule is Cc1nn(CC(=O)NC(C)c2ccc(OC(C)C)cc2)c(C)c1[N+](=O)[O-]. The number of rotatable bonds is 7. The number of carbonyl (C=O) groups excluding carboxylic acids is 1. The second-order valence-electron chi connectivity index (χ2n) is 6.46. The molecule has 0 fully saturated rings. The summed E-state index contributed by atoms with van der Waals surface area (Å²) in [6.45, 7) is 8.87. The number of aryl methyl sites for hydroxylation is 1. The maximum Gasteiger partial charge on any atom is 0.312 e. The van der Waals surface area contributed by atoms with E-state index in [-0.39, 0.29) is 30.3 Å². The minimum Gasteiger partial charge on any atom is -0.491 e. The molecule has 1 heterocycles. The molecule has 0 saturated heterocycles. The van der Waals surface area contributed by atoms with E-state index in [0.29, 0.717) is 11.4 Å². The van der Waals surface area contributed by atoms with Gasteiger partial charge in [-0.2, -0.15) is 5.10 Å². The highest BCUT2D eigenvalue weighted by molar-refractivity contribution is 5.76. The van der Waals surface area contributed by atoms with Crippen molar-refractivity contribution in [3.63, 3.8) is 0 Å². The number of ether oxygens (including phenoxy) is 1. The van der Waals surface area contributed by atoms with Gasteiger partial charge in [-0.25, -0.2) is 0 Å². The predicted molar refractivity (Wildman–Crippen MR) is 97.1 cm³/mol. The Balaban J connectivity index is 2.01. The normalized spacial score (nSPS) is 12.1. The Hall–Kier alpha value is -2.90. The van der Waals surface area contributed by atoms with E-state index in [4.69, 9.17) is 4.74 Å². The van der Waals surface area contributed by atoms with Gasteiger partial charge in [0.25, 0.3) is 0 Å². The number of hydrogen-bond acceptors (Lipinski definition) is 5. The third kappa shape index (κ3) is 4.59. The number of benzene rings is 1. The van der Waals surface area contributed by atoms with Crippen LogP contribution < -0.4 is 10.1 Å². The van der Waals surface area contributed by atoms with Crippen LogP contribution in [0.1, 0.15) is 43.8 Å². The van der Waals surface area contributed by atoms with Gasteiger partial charge in [0, 0.05) is 0 Å². The molecule has 140 valence electrons. The molecule has 1 unspecified atom stereocenters. The van der Waals surface area contributed by atoms with Crippen LogP contribution in [0.15, 0.2) is 24.3 Å². The first kappa shape index (κ1) is 19.4. The molecular formula is C18H24N4O4. The zero-order chi connectivity index (χ0) is 19.4. The van der Waals surface area contributed by atoms with Crippen LogP contribution in [0, 0.1) is 24.0 Å². The third-order valence-electron chi connectivity index (χ3n) is 3.95. The average Bonchev–Trinajstić information content (AvgIpc) is 2.81. The first-order chi connectivity index (χ1) is 12.2. The van der Waals surface area contributed by atoms with Crippen LogP contribution in [0.2, 0.25) is 0 Å². The highest BCUT2D eigenvalue weighted by atomic mass is 16.6. The van der Waals surface area contributed by atoms with Gasteiger partial charge in [-0.15, -0.1) is 0 Å². The Kier molecular flexibility index (Phi) is 5.97. The number of nitro groups is 1. The zero-order valence-electron chi connectivity index (χ0n) is 15.6.